The Balaban J connectivity index is 2.84. The zero-order valence-electron chi connectivity index (χ0n) is 9.94. The highest BCUT2D eigenvalue weighted by Gasteiger charge is 1.94. The van der Waals surface area contributed by atoms with Crippen LogP contribution >= 0.6 is 0 Å². The van der Waals surface area contributed by atoms with Crippen LogP contribution in [0.1, 0.15) is 58.8 Å². The van der Waals surface area contributed by atoms with Gasteiger partial charge in [0, 0.05) is 0 Å². The predicted molar refractivity (Wildman–Crippen MR) is 65.0 cm³/mol. The van der Waals surface area contributed by atoms with E-state index in [1.54, 1.807) is 0 Å². The van der Waals surface area contributed by atoms with Gasteiger partial charge in [0.05, 0.1) is 0 Å². The van der Waals surface area contributed by atoms with Crippen LogP contribution in [0.3, 0.4) is 0 Å². The topological polar surface area (TPSA) is 0 Å². The summed E-state index contributed by atoms with van der Waals surface area (Å²) < 4.78 is 0. The Morgan fingerprint density at radius 1 is 0.846 bits per heavy atom. The second-order valence-corrected chi connectivity index (χ2v) is 4.66. The quantitative estimate of drug-likeness (QED) is 0.369. The van der Waals surface area contributed by atoms with Gasteiger partial charge < -0.3 is 0 Å². The molecule has 0 saturated heterocycles. The van der Waals surface area contributed by atoms with Gasteiger partial charge in [0.15, 0.2) is 0 Å². The van der Waals surface area contributed by atoms with Gasteiger partial charge in [0.25, 0.3) is 0 Å². The summed E-state index contributed by atoms with van der Waals surface area (Å²) in [4.78, 5) is 0. The summed E-state index contributed by atoms with van der Waals surface area (Å²) in [6.07, 6.45) is 11.6. The highest BCUT2D eigenvalue weighted by atomic mass is 14.0. The van der Waals surface area contributed by atoms with Crippen molar-refractivity contribution in [2.24, 2.45) is 5.92 Å². The molecule has 0 radical (unpaired) electrons. The van der Waals surface area contributed by atoms with Crippen LogP contribution in [0.25, 0.3) is 0 Å². The van der Waals surface area contributed by atoms with Gasteiger partial charge >= 0.3 is 0 Å². The fourth-order valence-corrected chi connectivity index (χ4v) is 1.69. The zero-order chi connectivity index (χ0) is 9.94. The molecule has 78 valence electrons. The van der Waals surface area contributed by atoms with E-state index in [1.807, 2.05) is 0 Å². The molecule has 0 aliphatic carbocycles. The molecule has 0 spiro atoms. The van der Waals surface area contributed by atoms with Crippen molar-refractivity contribution in [3.8, 4) is 0 Å². The van der Waals surface area contributed by atoms with Gasteiger partial charge in [-0.2, -0.15) is 0 Å². The van der Waals surface area contributed by atoms with E-state index in [0.29, 0.717) is 0 Å². The highest BCUT2D eigenvalue weighted by molar-refractivity contribution is 6.33. The molecule has 0 fully saturated rings. The lowest BCUT2D eigenvalue weighted by atomic mass is 9.76. The minimum Gasteiger partial charge on any atom is -0.0893 e. The van der Waals surface area contributed by atoms with Crippen molar-refractivity contribution in [2.45, 2.75) is 71.9 Å². The third kappa shape index (κ3) is 12.1. The average molecular weight is 182 g/mol. The van der Waals surface area contributed by atoms with Crippen molar-refractivity contribution in [1.82, 2.24) is 0 Å². The molecule has 1 heteroatoms. The van der Waals surface area contributed by atoms with Crippen LogP contribution < -0.4 is 0 Å². The second-order valence-electron chi connectivity index (χ2n) is 4.66. The smallest absolute Gasteiger partial charge is 0.0893 e. The standard InChI is InChI=1S/C12H27B/c1-12(2)10-8-6-4-5-7-9-11-13-3/h12-13H,4-11H2,1-3H3. The maximum atomic E-state index is 2.32. The Bertz CT molecular complexity index is 89.1. The molecule has 0 aliphatic heterocycles. The fraction of sp³-hybridized carbons (Fsp3) is 1.00. The lowest BCUT2D eigenvalue weighted by Crippen LogP contribution is -1.87. The van der Waals surface area contributed by atoms with Gasteiger partial charge in [0.2, 0.25) is 0 Å². The van der Waals surface area contributed by atoms with E-state index in [2.05, 4.69) is 20.7 Å². The lowest BCUT2D eigenvalue weighted by molar-refractivity contribution is 0.514. The zero-order valence-corrected chi connectivity index (χ0v) is 9.94. The molecule has 0 aromatic heterocycles. The third-order valence-electron chi connectivity index (χ3n) is 2.64. The number of rotatable bonds is 9. The van der Waals surface area contributed by atoms with E-state index in [9.17, 15) is 0 Å². The molecule has 0 N–H and O–H groups in total. The molecule has 0 aromatic carbocycles. The van der Waals surface area contributed by atoms with Gasteiger partial charge in [-0.15, -0.1) is 0 Å². The van der Waals surface area contributed by atoms with E-state index < -0.39 is 0 Å². The summed E-state index contributed by atoms with van der Waals surface area (Å²) in [6, 6.07) is 0. The first-order valence-electron chi connectivity index (χ1n) is 6.27. The van der Waals surface area contributed by atoms with Crippen LogP contribution in [0, 0.1) is 5.92 Å². The van der Waals surface area contributed by atoms with E-state index >= 15 is 0 Å². The lowest BCUT2D eigenvalue weighted by Gasteiger charge is -2.03. The first-order chi connectivity index (χ1) is 6.27. The van der Waals surface area contributed by atoms with Crippen molar-refractivity contribution in [3.05, 3.63) is 0 Å². The van der Waals surface area contributed by atoms with Crippen LogP contribution in [-0.4, -0.2) is 7.28 Å². The van der Waals surface area contributed by atoms with Gasteiger partial charge in [-0.1, -0.05) is 71.9 Å². The number of unbranched alkanes of at least 4 members (excludes halogenated alkanes) is 5. The molecule has 0 heterocycles. The van der Waals surface area contributed by atoms with Crippen LogP contribution in [0.4, 0.5) is 0 Å². The molecular formula is C12H27B. The van der Waals surface area contributed by atoms with Crippen molar-refractivity contribution in [3.63, 3.8) is 0 Å². The molecule has 0 aliphatic rings. The van der Waals surface area contributed by atoms with E-state index in [1.165, 1.54) is 58.5 Å². The summed E-state index contributed by atoms with van der Waals surface area (Å²) in [7, 11) is 1.37. The molecule has 0 unspecified atom stereocenters. The molecule has 0 saturated carbocycles. The monoisotopic (exact) mass is 182 g/mol. The Morgan fingerprint density at radius 3 is 1.92 bits per heavy atom. The van der Waals surface area contributed by atoms with E-state index in [0.717, 1.165) is 5.92 Å². The maximum Gasteiger partial charge on any atom is 0.117 e. The van der Waals surface area contributed by atoms with E-state index in [4.69, 9.17) is 0 Å². The Labute approximate surface area is 85.7 Å². The Hall–Kier alpha value is 0.0649. The van der Waals surface area contributed by atoms with Gasteiger partial charge in [0.1, 0.15) is 7.28 Å². The summed E-state index contributed by atoms with van der Waals surface area (Å²) >= 11 is 0. The van der Waals surface area contributed by atoms with Crippen LogP contribution in [-0.2, 0) is 0 Å². The second kappa shape index (κ2) is 10.1. The highest BCUT2D eigenvalue weighted by Crippen LogP contribution is 2.11. The molecule has 0 bridgehead atoms. The molecule has 13 heavy (non-hydrogen) atoms. The molecule has 0 atom stereocenters. The SMILES string of the molecule is CBCCCCCCCCC(C)C. The fourth-order valence-electron chi connectivity index (χ4n) is 1.69. The normalized spacial score (nSPS) is 10.8. The van der Waals surface area contributed by atoms with Crippen LogP contribution in [0.2, 0.25) is 13.1 Å². The Morgan fingerprint density at radius 2 is 1.38 bits per heavy atom. The molecular weight excluding hydrogens is 155 g/mol. The maximum absolute atomic E-state index is 2.32. The third-order valence-corrected chi connectivity index (χ3v) is 2.64. The number of hydrogen-bond acceptors (Lipinski definition) is 0. The van der Waals surface area contributed by atoms with Gasteiger partial charge in [-0.3, -0.25) is 0 Å². The number of hydrogen-bond donors (Lipinski definition) is 0. The van der Waals surface area contributed by atoms with Gasteiger partial charge in [-0.05, 0) is 5.92 Å². The van der Waals surface area contributed by atoms with Crippen molar-refractivity contribution in [1.29, 1.82) is 0 Å². The van der Waals surface area contributed by atoms with Crippen molar-refractivity contribution >= 4 is 7.28 Å². The summed E-state index contributed by atoms with van der Waals surface area (Å²) in [5.41, 5.74) is 0. The molecule has 0 nitrogen and oxygen atoms in total. The predicted octanol–water partition coefficient (Wildman–Crippen LogP) is 4.28. The van der Waals surface area contributed by atoms with Gasteiger partial charge in [-0.25, -0.2) is 0 Å². The summed E-state index contributed by atoms with van der Waals surface area (Å²) in [5, 5.41) is 0. The minimum absolute atomic E-state index is 0.903. The Kier molecular flexibility index (Phi) is 10.2. The molecule has 0 aromatic rings. The first kappa shape index (κ1) is 13.1. The largest absolute Gasteiger partial charge is 0.117 e. The average Bonchev–Trinajstić information content (AvgIpc) is 2.09. The molecule has 0 amide bonds. The van der Waals surface area contributed by atoms with Crippen molar-refractivity contribution < 1.29 is 0 Å². The van der Waals surface area contributed by atoms with E-state index in [-0.39, 0.29) is 0 Å². The molecule has 0 rings (SSSR count). The van der Waals surface area contributed by atoms with Crippen LogP contribution in [0.5, 0.6) is 0 Å². The van der Waals surface area contributed by atoms with Crippen LogP contribution in [0.15, 0.2) is 0 Å². The first-order valence-corrected chi connectivity index (χ1v) is 6.27. The van der Waals surface area contributed by atoms with Crippen molar-refractivity contribution in [2.75, 3.05) is 0 Å². The minimum atomic E-state index is 0.903. The summed E-state index contributed by atoms with van der Waals surface area (Å²) in [6.45, 7) is 6.92. The summed E-state index contributed by atoms with van der Waals surface area (Å²) in [5.74, 6) is 0.903.